The zero-order valence-electron chi connectivity index (χ0n) is 13.6. The molecule has 0 unspecified atom stereocenters. The lowest BCUT2D eigenvalue weighted by Crippen LogP contribution is -2.20. The molecule has 2 amide bonds. The van der Waals surface area contributed by atoms with E-state index in [4.69, 9.17) is 34.8 Å². The van der Waals surface area contributed by atoms with Crippen LogP contribution in [0.25, 0.3) is 10.8 Å². The minimum Gasteiger partial charge on any atom is -0.872 e. The first-order valence-corrected chi connectivity index (χ1v) is 8.73. The zero-order valence-corrected chi connectivity index (χ0v) is 15.9. The predicted molar refractivity (Wildman–Crippen MR) is 103 cm³/mol. The van der Waals surface area contributed by atoms with Crippen molar-refractivity contribution < 1.29 is 23.1 Å². The summed E-state index contributed by atoms with van der Waals surface area (Å²) >= 11 is 17.8. The number of urea groups is 1. The number of carbonyl (C=O) groups is 1. The molecular formula is C18H9Cl3F3N2O2-. The van der Waals surface area contributed by atoms with Gasteiger partial charge in [0.1, 0.15) is 0 Å². The van der Waals surface area contributed by atoms with Crippen LogP contribution in [0.5, 0.6) is 5.75 Å². The van der Waals surface area contributed by atoms with Crippen LogP contribution in [0.3, 0.4) is 0 Å². The molecule has 0 heterocycles. The van der Waals surface area contributed by atoms with Gasteiger partial charge >= 0.3 is 12.2 Å². The van der Waals surface area contributed by atoms with Gasteiger partial charge in [-0.2, -0.15) is 13.2 Å². The van der Waals surface area contributed by atoms with Crippen LogP contribution >= 0.6 is 34.8 Å². The molecule has 10 heteroatoms. The molecule has 0 saturated heterocycles. The van der Waals surface area contributed by atoms with E-state index in [1.165, 1.54) is 30.3 Å². The SMILES string of the molecule is O=C(Nc1ccc(Cl)c(C(F)(F)F)c1)Nc1c(Cl)cc(Cl)c2ccc([O-])cc12. The number of rotatable bonds is 2. The first kappa shape index (κ1) is 20.4. The number of benzene rings is 3. The Morgan fingerprint density at radius 1 is 0.857 bits per heavy atom. The van der Waals surface area contributed by atoms with E-state index in [2.05, 4.69) is 10.6 Å². The molecule has 0 fully saturated rings. The van der Waals surface area contributed by atoms with Crippen LogP contribution in [0, 0.1) is 0 Å². The second-order valence-corrected chi connectivity index (χ2v) is 6.92. The molecule has 0 bridgehead atoms. The molecule has 3 rings (SSSR count). The summed E-state index contributed by atoms with van der Waals surface area (Å²) in [5.41, 5.74) is -1.12. The molecule has 0 atom stereocenters. The Hall–Kier alpha value is -2.35. The lowest BCUT2D eigenvalue weighted by Gasteiger charge is -2.16. The molecule has 0 aliphatic heterocycles. The molecule has 0 aliphatic carbocycles. The van der Waals surface area contributed by atoms with Crippen molar-refractivity contribution in [2.75, 3.05) is 10.6 Å². The number of hydrogen-bond acceptors (Lipinski definition) is 2. The maximum Gasteiger partial charge on any atom is 0.417 e. The normalized spacial score (nSPS) is 11.5. The summed E-state index contributed by atoms with van der Waals surface area (Å²) in [4.78, 5) is 12.3. The molecule has 4 nitrogen and oxygen atoms in total. The third-order valence-electron chi connectivity index (χ3n) is 3.78. The third kappa shape index (κ3) is 4.22. The van der Waals surface area contributed by atoms with Gasteiger partial charge in [-0.25, -0.2) is 4.79 Å². The third-order valence-corrected chi connectivity index (χ3v) is 4.72. The molecule has 0 aromatic heterocycles. The van der Waals surface area contributed by atoms with E-state index < -0.39 is 22.8 Å². The minimum absolute atomic E-state index is 0.0605. The summed E-state index contributed by atoms with van der Waals surface area (Å²) in [6, 6.07) is 7.49. The highest BCUT2D eigenvalue weighted by Gasteiger charge is 2.33. The fourth-order valence-corrected chi connectivity index (χ4v) is 3.36. The van der Waals surface area contributed by atoms with E-state index in [9.17, 15) is 23.1 Å². The Kier molecular flexibility index (Phi) is 5.52. The van der Waals surface area contributed by atoms with Crippen molar-refractivity contribution in [2.24, 2.45) is 0 Å². The first-order chi connectivity index (χ1) is 13.1. The maximum absolute atomic E-state index is 12.9. The van der Waals surface area contributed by atoms with Crippen molar-refractivity contribution in [3.8, 4) is 5.75 Å². The lowest BCUT2D eigenvalue weighted by atomic mass is 10.1. The van der Waals surface area contributed by atoms with Gasteiger partial charge in [-0.3, -0.25) is 0 Å². The van der Waals surface area contributed by atoms with E-state index in [0.29, 0.717) is 16.8 Å². The number of halogens is 6. The Bertz CT molecular complexity index is 1090. The van der Waals surface area contributed by atoms with Gasteiger partial charge in [0.05, 0.1) is 26.3 Å². The van der Waals surface area contributed by atoms with Gasteiger partial charge in [0.2, 0.25) is 0 Å². The van der Waals surface area contributed by atoms with Gasteiger partial charge in [0.25, 0.3) is 0 Å². The van der Waals surface area contributed by atoms with Crippen LogP contribution in [-0.2, 0) is 6.18 Å². The Morgan fingerprint density at radius 3 is 2.25 bits per heavy atom. The maximum atomic E-state index is 12.9. The quantitative estimate of drug-likeness (QED) is 0.468. The van der Waals surface area contributed by atoms with Gasteiger partial charge in [0, 0.05) is 16.5 Å². The Morgan fingerprint density at radius 2 is 1.57 bits per heavy atom. The summed E-state index contributed by atoms with van der Waals surface area (Å²) in [5, 5.41) is 17.0. The van der Waals surface area contributed by atoms with Crippen molar-refractivity contribution in [1.29, 1.82) is 0 Å². The largest absolute Gasteiger partial charge is 0.872 e. The number of fused-ring (bicyclic) bond motifs is 1. The molecule has 28 heavy (non-hydrogen) atoms. The molecule has 0 aliphatic rings. The highest BCUT2D eigenvalue weighted by atomic mass is 35.5. The number of amides is 2. The number of carbonyl (C=O) groups excluding carboxylic acids is 1. The molecule has 3 aromatic carbocycles. The lowest BCUT2D eigenvalue weighted by molar-refractivity contribution is -0.268. The van der Waals surface area contributed by atoms with Gasteiger partial charge in [-0.15, -0.1) is 5.75 Å². The van der Waals surface area contributed by atoms with E-state index in [1.54, 1.807) is 0 Å². The van der Waals surface area contributed by atoms with Crippen molar-refractivity contribution in [3.05, 3.63) is 63.1 Å². The monoisotopic (exact) mass is 447 g/mol. The number of nitrogens with one attached hydrogen (secondary N) is 2. The van der Waals surface area contributed by atoms with E-state index in [1.807, 2.05) is 0 Å². The van der Waals surface area contributed by atoms with Crippen molar-refractivity contribution in [3.63, 3.8) is 0 Å². The number of hydrogen-bond donors (Lipinski definition) is 2. The summed E-state index contributed by atoms with van der Waals surface area (Å²) < 4.78 is 38.8. The van der Waals surface area contributed by atoms with Crippen molar-refractivity contribution >= 4 is 63.0 Å². The molecule has 0 radical (unpaired) electrons. The van der Waals surface area contributed by atoms with E-state index >= 15 is 0 Å². The van der Waals surface area contributed by atoms with E-state index in [0.717, 1.165) is 6.07 Å². The summed E-state index contributed by atoms with van der Waals surface area (Å²) in [6.45, 7) is 0. The second kappa shape index (κ2) is 7.58. The molecule has 3 aromatic rings. The minimum atomic E-state index is -4.68. The highest BCUT2D eigenvalue weighted by Crippen LogP contribution is 2.38. The zero-order chi connectivity index (χ0) is 20.6. The fraction of sp³-hybridized carbons (Fsp3) is 0.0556. The van der Waals surface area contributed by atoms with Crippen LogP contribution in [0.15, 0.2) is 42.5 Å². The summed E-state index contributed by atoms with van der Waals surface area (Å²) in [6.07, 6.45) is -4.68. The van der Waals surface area contributed by atoms with E-state index in [-0.39, 0.29) is 27.2 Å². The molecule has 0 spiro atoms. The summed E-state index contributed by atoms with van der Waals surface area (Å²) in [7, 11) is 0. The molecular weight excluding hydrogens is 440 g/mol. The van der Waals surface area contributed by atoms with Crippen molar-refractivity contribution in [1.82, 2.24) is 0 Å². The summed E-state index contributed by atoms with van der Waals surface area (Å²) in [5.74, 6) is -0.332. The molecule has 146 valence electrons. The first-order valence-electron chi connectivity index (χ1n) is 7.60. The number of anilines is 2. The topological polar surface area (TPSA) is 64.2 Å². The van der Waals surface area contributed by atoms with Gasteiger partial charge in [-0.1, -0.05) is 53.0 Å². The predicted octanol–water partition coefficient (Wildman–Crippen LogP) is 6.54. The van der Waals surface area contributed by atoms with Gasteiger partial charge in [0.15, 0.2) is 0 Å². The fourth-order valence-electron chi connectivity index (χ4n) is 2.55. The molecule has 0 saturated carbocycles. The van der Waals surface area contributed by atoms with Crippen molar-refractivity contribution in [2.45, 2.75) is 6.18 Å². The smallest absolute Gasteiger partial charge is 0.417 e. The Balaban J connectivity index is 1.92. The van der Waals surface area contributed by atoms with Crippen LogP contribution in [-0.4, -0.2) is 6.03 Å². The Labute approximate surface area is 171 Å². The van der Waals surface area contributed by atoms with Crippen LogP contribution in [0.2, 0.25) is 15.1 Å². The molecule has 2 N–H and O–H groups in total. The second-order valence-electron chi connectivity index (χ2n) is 5.69. The highest BCUT2D eigenvalue weighted by molar-refractivity contribution is 6.41. The number of alkyl halides is 3. The van der Waals surface area contributed by atoms with Crippen LogP contribution in [0.1, 0.15) is 5.56 Å². The van der Waals surface area contributed by atoms with Gasteiger partial charge < -0.3 is 15.7 Å². The van der Waals surface area contributed by atoms with Crippen LogP contribution < -0.4 is 15.7 Å². The van der Waals surface area contributed by atoms with Crippen LogP contribution in [0.4, 0.5) is 29.3 Å². The average molecular weight is 449 g/mol. The standard InChI is InChI=1S/C18H10Cl3F3N2O2/c19-13-4-1-8(5-12(13)18(22,23)24)25-17(28)26-16-11-6-9(27)2-3-10(11)14(20)7-15(16)21/h1-7,27H,(H2,25,26,28)/p-1. The average Bonchev–Trinajstić information content (AvgIpc) is 2.59. The van der Waals surface area contributed by atoms with Gasteiger partial charge in [-0.05, 0) is 24.3 Å².